The lowest BCUT2D eigenvalue weighted by Gasteiger charge is -1.91. The number of carbonyl (C=O) groups excluding carboxylic acids is 2. The van der Waals surface area contributed by atoms with Gasteiger partial charge >= 0.3 is 11.9 Å². The Balaban J connectivity index is 2.59. The quantitative estimate of drug-likeness (QED) is 0.366. The van der Waals surface area contributed by atoms with E-state index in [9.17, 15) is 9.59 Å². The SMILES string of the molecule is O=C1OC(=O)C2=C1C=CI=C2. The molecule has 2 aliphatic rings. The summed E-state index contributed by atoms with van der Waals surface area (Å²) in [6.45, 7) is 0. The van der Waals surface area contributed by atoms with Gasteiger partial charge in [0.25, 0.3) is 0 Å². The molecule has 2 aliphatic heterocycles. The second-order valence-electron chi connectivity index (χ2n) is 2.03. The van der Waals surface area contributed by atoms with E-state index in [0.29, 0.717) is 11.1 Å². The van der Waals surface area contributed by atoms with Gasteiger partial charge in [0.2, 0.25) is 0 Å². The maximum atomic E-state index is 10.9. The van der Waals surface area contributed by atoms with Crippen LogP contribution in [-0.4, -0.2) is 16.0 Å². The Morgan fingerprint density at radius 1 is 1.18 bits per heavy atom. The van der Waals surface area contributed by atoms with Gasteiger partial charge in [-0.3, -0.25) is 0 Å². The van der Waals surface area contributed by atoms with Crippen molar-refractivity contribution in [3.05, 3.63) is 21.3 Å². The monoisotopic (exact) mass is 262 g/mol. The van der Waals surface area contributed by atoms with E-state index in [2.05, 4.69) is 4.74 Å². The van der Waals surface area contributed by atoms with E-state index in [4.69, 9.17) is 0 Å². The predicted molar refractivity (Wildman–Crippen MR) is 47.3 cm³/mol. The molecular weight excluding hydrogens is 259 g/mol. The Labute approximate surface area is 72.5 Å². The minimum Gasteiger partial charge on any atom is -0.386 e. The first-order chi connectivity index (χ1) is 5.29. The van der Waals surface area contributed by atoms with E-state index in [-0.39, 0.29) is 20.7 Å². The smallest absolute Gasteiger partial charge is 0.347 e. The van der Waals surface area contributed by atoms with Crippen LogP contribution in [-0.2, 0) is 14.3 Å². The molecule has 0 aromatic heterocycles. The third kappa shape index (κ3) is 0.973. The van der Waals surface area contributed by atoms with Crippen molar-refractivity contribution in [2.24, 2.45) is 0 Å². The van der Waals surface area contributed by atoms with Crippen molar-refractivity contribution in [1.82, 2.24) is 0 Å². The third-order valence-electron chi connectivity index (χ3n) is 1.39. The lowest BCUT2D eigenvalue weighted by Crippen LogP contribution is -2.01. The number of ether oxygens (including phenoxy) is 1. The molecule has 0 aromatic carbocycles. The maximum absolute atomic E-state index is 10.9. The van der Waals surface area contributed by atoms with Gasteiger partial charge in [0.15, 0.2) is 0 Å². The summed E-state index contributed by atoms with van der Waals surface area (Å²) in [6, 6.07) is 0. The van der Waals surface area contributed by atoms with Crippen molar-refractivity contribution < 1.29 is 14.3 Å². The zero-order chi connectivity index (χ0) is 7.84. The summed E-state index contributed by atoms with van der Waals surface area (Å²) >= 11 is -0.182. The molecule has 0 fully saturated rings. The van der Waals surface area contributed by atoms with E-state index in [1.165, 1.54) is 0 Å². The van der Waals surface area contributed by atoms with E-state index in [1.54, 1.807) is 10.1 Å². The van der Waals surface area contributed by atoms with Gasteiger partial charge in [0.1, 0.15) is 0 Å². The number of hydrogen-bond donors (Lipinski definition) is 0. The molecule has 0 amide bonds. The van der Waals surface area contributed by atoms with Gasteiger partial charge in [0.05, 0.1) is 11.1 Å². The largest absolute Gasteiger partial charge is 0.386 e. The second kappa shape index (κ2) is 2.37. The fraction of sp³-hybridized carbons (Fsp3) is 0. The number of halogens is 1. The van der Waals surface area contributed by atoms with Crippen LogP contribution in [0.15, 0.2) is 21.3 Å². The molecule has 56 valence electrons. The highest BCUT2D eigenvalue weighted by atomic mass is 127. The topological polar surface area (TPSA) is 43.4 Å². The van der Waals surface area contributed by atoms with Gasteiger partial charge in [-0.25, -0.2) is 9.59 Å². The number of cyclic esters (lactones) is 2. The summed E-state index contributed by atoms with van der Waals surface area (Å²) < 4.78 is 8.13. The van der Waals surface area contributed by atoms with Gasteiger partial charge < -0.3 is 4.74 Å². The van der Waals surface area contributed by atoms with Crippen LogP contribution in [0.2, 0.25) is 0 Å². The summed E-state index contributed by atoms with van der Waals surface area (Å²) in [5.41, 5.74) is 0.881. The molecule has 0 saturated heterocycles. The summed E-state index contributed by atoms with van der Waals surface area (Å²) in [4.78, 5) is 21.7. The predicted octanol–water partition coefficient (Wildman–Crippen LogP) is 0.667. The van der Waals surface area contributed by atoms with Crippen LogP contribution in [0.3, 0.4) is 0 Å². The van der Waals surface area contributed by atoms with Crippen molar-refractivity contribution in [3.8, 4) is 0 Å². The average Bonchev–Trinajstić information content (AvgIpc) is 2.30. The van der Waals surface area contributed by atoms with Crippen LogP contribution in [0.25, 0.3) is 0 Å². The summed E-state index contributed by atoms with van der Waals surface area (Å²) in [5, 5.41) is 0. The van der Waals surface area contributed by atoms with Gasteiger partial charge in [-0.2, -0.15) is 0 Å². The van der Waals surface area contributed by atoms with Crippen LogP contribution in [0.1, 0.15) is 0 Å². The average molecular weight is 262 g/mol. The summed E-state index contributed by atoms with van der Waals surface area (Å²) in [7, 11) is 0. The van der Waals surface area contributed by atoms with Gasteiger partial charge in [-0.15, -0.1) is 0 Å². The summed E-state index contributed by atoms with van der Waals surface area (Å²) in [6.07, 6.45) is 1.68. The zero-order valence-corrected chi connectivity index (χ0v) is 7.49. The molecule has 4 heteroatoms. The molecule has 0 N–H and O–H groups in total. The van der Waals surface area contributed by atoms with Crippen molar-refractivity contribution in [2.45, 2.75) is 0 Å². The number of esters is 2. The Hall–Kier alpha value is -0.780. The van der Waals surface area contributed by atoms with Crippen molar-refractivity contribution >= 4 is 36.7 Å². The van der Waals surface area contributed by atoms with Crippen LogP contribution in [0.4, 0.5) is 0 Å². The van der Waals surface area contributed by atoms with Crippen LogP contribution in [0.5, 0.6) is 0 Å². The fourth-order valence-electron chi connectivity index (χ4n) is 0.874. The zero-order valence-electron chi connectivity index (χ0n) is 5.33. The van der Waals surface area contributed by atoms with E-state index in [1.807, 2.05) is 4.08 Å². The van der Waals surface area contributed by atoms with Gasteiger partial charge in [-0.1, -0.05) is 20.7 Å². The molecule has 0 atom stereocenters. The van der Waals surface area contributed by atoms with Gasteiger partial charge in [-0.05, 0) is 14.2 Å². The highest BCUT2D eigenvalue weighted by Gasteiger charge is 2.30. The molecule has 2 heterocycles. The van der Waals surface area contributed by atoms with Crippen LogP contribution in [0, 0.1) is 0 Å². The first-order valence-corrected chi connectivity index (χ1v) is 5.40. The third-order valence-corrected chi connectivity index (χ3v) is 3.15. The molecule has 0 aromatic rings. The Bertz CT molecular complexity index is 304. The summed E-state index contributed by atoms with van der Waals surface area (Å²) in [5.74, 6) is -1.00. The molecule has 0 saturated carbocycles. The molecular formula is C7H3IO3. The lowest BCUT2D eigenvalue weighted by molar-refractivity contribution is -0.150. The van der Waals surface area contributed by atoms with E-state index >= 15 is 0 Å². The first-order valence-electron chi connectivity index (χ1n) is 2.91. The first kappa shape index (κ1) is 6.90. The number of hydrogen-bond acceptors (Lipinski definition) is 3. The van der Waals surface area contributed by atoms with Crippen LogP contribution < -0.4 is 0 Å². The normalized spacial score (nSPS) is 21.5. The number of rotatable bonds is 0. The van der Waals surface area contributed by atoms with Crippen molar-refractivity contribution in [1.29, 1.82) is 0 Å². The van der Waals surface area contributed by atoms with E-state index in [0.717, 1.165) is 0 Å². The second-order valence-corrected chi connectivity index (χ2v) is 4.09. The van der Waals surface area contributed by atoms with Crippen molar-refractivity contribution in [3.63, 3.8) is 0 Å². The Kier molecular flexibility index (Phi) is 1.49. The standard InChI is InChI=1S/C7H3IO3/c9-6-4-1-2-8-3-5(4)7(10)11-6/h1-3H. The van der Waals surface area contributed by atoms with Gasteiger partial charge in [0, 0.05) is 0 Å². The Morgan fingerprint density at radius 2 is 1.91 bits per heavy atom. The molecule has 0 aliphatic carbocycles. The highest BCUT2D eigenvalue weighted by molar-refractivity contribution is 14.2. The van der Waals surface area contributed by atoms with E-state index < -0.39 is 11.9 Å². The number of carbonyl (C=O) groups is 2. The molecule has 0 spiro atoms. The van der Waals surface area contributed by atoms with Crippen molar-refractivity contribution in [2.75, 3.05) is 0 Å². The molecule has 3 nitrogen and oxygen atoms in total. The lowest BCUT2D eigenvalue weighted by atomic mass is 10.2. The Morgan fingerprint density at radius 3 is 2.64 bits per heavy atom. The maximum Gasteiger partial charge on any atom is 0.347 e. The fourth-order valence-corrected chi connectivity index (χ4v) is 2.60. The minimum absolute atomic E-state index is 0.182. The molecule has 11 heavy (non-hydrogen) atoms. The molecule has 0 unspecified atom stereocenters. The van der Waals surface area contributed by atoms with Crippen LogP contribution >= 0.6 is 20.7 Å². The molecule has 2 rings (SSSR count). The minimum atomic E-state index is -0.513. The molecule has 0 radical (unpaired) electrons. The molecule has 0 bridgehead atoms. The highest BCUT2D eigenvalue weighted by Crippen LogP contribution is 2.23.